The van der Waals surface area contributed by atoms with E-state index in [1.807, 2.05) is 0 Å². The molecule has 10 heteroatoms. The predicted octanol–water partition coefficient (Wildman–Crippen LogP) is 3.98. The van der Waals surface area contributed by atoms with Crippen LogP contribution < -0.4 is 5.73 Å². The zero-order chi connectivity index (χ0) is 23.0. The third-order valence-electron chi connectivity index (χ3n) is 3.08. The lowest BCUT2D eigenvalue weighted by Crippen LogP contribution is -2.52. The highest BCUT2D eigenvalue weighted by atomic mass is 19.2. The lowest BCUT2D eigenvalue weighted by molar-refractivity contribution is -0.149. The van der Waals surface area contributed by atoms with Crippen LogP contribution in [0.5, 0.6) is 0 Å². The third-order valence-corrected chi connectivity index (χ3v) is 3.08. The molecule has 0 radical (unpaired) electrons. The number of halogens is 2. The Morgan fingerprint density at radius 1 is 0.931 bits per heavy atom. The van der Waals surface area contributed by atoms with Gasteiger partial charge in [-0.15, -0.1) is 0 Å². The molecule has 0 aromatic carbocycles. The van der Waals surface area contributed by atoms with Crippen molar-refractivity contribution in [3.63, 3.8) is 0 Å². The molecular weight excluding hydrogens is 390 g/mol. The molecule has 0 aliphatic rings. The van der Waals surface area contributed by atoms with E-state index in [1.54, 1.807) is 41.5 Å². The minimum atomic E-state index is -1.83. The average Bonchev–Trinajstić information content (AvgIpc) is 2.50. The minimum Gasteiger partial charge on any atom is -0.464 e. The first-order valence-corrected chi connectivity index (χ1v) is 9.27. The van der Waals surface area contributed by atoms with Crippen LogP contribution in [0.4, 0.5) is 18.4 Å². The Labute approximate surface area is 170 Å². The molecule has 8 nitrogen and oxygen atoms in total. The van der Waals surface area contributed by atoms with Crippen LogP contribution in [0.1, 0.15) is 61.3 Å². The van der Waals surface area contributed by atoms with Crippen molar-refractivity contribution in [2.75, 3.05) is 13.2 Å². The number of carbonyl (C=O) groups excluding carboxylic acids is 3. The summed E-state index contributed by atoms with van der Waals surface area (Å²) in [6, 6.07) is -1.83. The van der Waals surface area contributed by atoms with Gasteiger partial charge in [-0.2, -0.15) is 4.90 Å². The normalized spacial score (nSPS) is 13.9. The molecule has 0 aliphatic carbocycles. The summed E-state index contributed by atoms with van der Waals surface area (Å²) < 4.78 is 43.3. The van der Waals surface area contributed by atoms with Crippen LogP contribution in [0.25, 0.3) is 0 Å². The smallest absolute Gasteiger partial charge is 0.420 e. The summed E-state index contributed by atoms with van der Waals surface area (Å²) in [4.78, 5) is 38.0. The Kier molecular flexibility index (Phi) is 10.2. The van der Waals surface area contributed by atoms with Crippen LogP contribution in [0.15, 0.2) is 11.7 Å². The lowest BCUT2D eigenvalue weighted by atomic mass is 10.1. The molecule has 168 valence electrons. The monoisotopic (exact) mass is 422 g/mol. The molecule has 0 fully saturated rings. The first-order chi connectivity index (χ1) is 13.1. The fourth-order valence-corrected chi connectivity index (χ4v) is 2.01. The molecule has 0 rings (SSSR count). The second kappa shape index (κ2) is 11.1. The molecule has 0 spiro atoms. The number of hydrogen-bond acceptors (Lipinski definition) is 7. The molecule has 0 saturated carbocycles. The molecule has 0 heterocycles. The summed E-state index contributed by atoms with van der Waals surface area (Å²) in [5, 5.41) is 0. The van der Waals surface area contributed by atoms with Crippen molar-refractivity contribution in [3.05, 3.63) is 11.7 Å². The molecular formula is C19H32F2N2O6. The fraction of sp³-hybridized carbons (Fsp3) is 0.737. The van der Waals surface area contributed by atoms with Crippen LogP contribution in [0.3, 0.4) is 0 Å². The van der Waals surface area contributed by atoms with Gasteiger partial charge < -0.3 is 19.9 Å². The van der Waals surface area contributed by atoms with Gasteiger partial charge in [-0.25, -0.2) is 23.2 Å². The molecule has 0 aromatic rings. The summed E-state index contributed by atoms with van der Waals surface area (Å²) in [5.74, 6) is -3.62. The van der Waals surface area contributed by atoms with Crippen LogP contribution in [-0.2, 0) is 19.0 Å². The van der Waals surface area contributed by atoms with Gasteiger partial charge in [-0.1, -0.05) is 0 Å². The Morgan fingerprint density at radius 2 is 1.38 bits per heavy atom. The van der Waals surface area contributed by atoms with E-state index in [0.717, 1.165) is 0 Å². The average molecular weight is 422 g/mol. The largest absolute Gasteiger partial charge is 0.464 e. The number of nitrogens with two attached hydrogens (primary N) is 1. The van der Waals surface area contributed by atoms with Crippen molar-refractivity contribution >= 4 is 18.2 Å². The quantitative estimate of drug-likeness (QED) is 0.488. The fourth-order valence-electron chi connectivity index (χ4n) is 2.01. The van der Waals surface area contributed by atoms with Crippen LogP contribution in [-0.4, -0.2) is 53.5 Å². The third kappa shape index (κ3) is 10.2. The highest BCUT2D eigenvalue weighted by Crippen LogP contribution is 2.24. The van der Waals surface area contributed by atoms with Gasteiger partial charge >= 0.3 is 18.2 Å². The van der Waals surface area contributed by atoms with Gasteiger partial charge in [0, 0.05) is 12.8 Å². The van der Waals surface area contributed by atoms with Crippen molar-refractivity contribution in [1.82, 2.24) is 4.90 Å². The maximum atomic E-state index is 14.3. The number of hydrogen-bond donors (Lipinski definition) is 1. The highest BCUT2D eigenvalue weighted by molar-refractivity contribution is 5.94. The summed E-state index contributed by atoms with van der Waals surface area (Å²) in [6.07, 6.45) is -3.85. The summed E-state index contributed by atoms with van der Waals surface area (Å²) in [5.41, 5.74) is 3.15. The highest BCUT2D eigenvalue weighted by Gasteiger charge is 2.42. The second-order valence-corrected chi connectivity index (χ2v) is 8.15. The molecule has 0 bridgehead atoms. The van der Waals surface area contributed by atoms with Crippen molar-refractivity contribution < 1.29 is 37.4 Å². The molecule has 0 aromatic heterocycles. The topological polar surface area (TPSA) is 108 Å². The molecule has 1 atom stereocenters. The maximum Gasteiger partial charge on any atom is 0.420 e. The Bertz CT molecular complexity index is 595. The maximum absolute atomic E-state index is 14.3. The number of carbonyl (C=O) groups is 3. The van der Waals surface area contributed by atoms with Crippen molar-refractivity contribution in [2.24, 2.45) is 5.73 Å². The zero-order valence-corrected chi connectivity index (χ0v) is 18.1. The Balaban J connectivity index is 6.16. The van der Waals surface area contributed by atoms with Crippen molar-refractivity contribution in [3.8, 4) is 0 Å². The van der Waals surface area contributed by atoms with E-state index in [9.17, 15) is 23.2 Å². The summed E-state index contributed by atoms with van der Waals surface area (Å²) in [6.45, 7) is 10.5. The zero-order valence-electron chi connectivity index (χ0n) is 18.1. The van der Waals surface area contributed by atoms with Gasteiger partial charge in [-0.05, 0) is 55.0 Å². The molecule has 0 aliphatic heterocycles. The van der Waals surface area contributed by atoms with E-state index in [0.29, 0.717) is 4.90 Å². The van der Waals surface area contributed by atoms with Crippen LogP contribution in [0, 0.1) is 0 Å². The van der Waals surface area contributed by atoms with E-state index >= 15 is 0 Å². The SMILES string of the molecule is CCOC(=O)C(C/C(F)=C(\F)CCN)N(C(=O)OC(C)(C)C)C(=O)OC(C)(C)C. The van der Waals surface area contributed by atoms with Crippen LogP contribution >= 0.6 is 0 Å². The van der Waals surface area contributed by atoms with Gasteiger partial charge in [-0.3, -0.25) is 0 Å². The summed E-state index contributed by atoms with van der Waals surface area (Å²) >= 11 is 0. The minimum absolute atomic E-state index is 0.109. The van der Waals surface area contributed by atoms with E-state index in [1.165, 1.54) is 6.92 Å². The first kappa shape index (κ1) is 26.8. The summed E-state index contributed by atoms with van der Waals surface area (Å²) in [7, 11) is 0. The van der Waals surface area contributed by atoms with E-state index in [2.05, 4.69) is 0 Å². The van der Waals surface area contributed by atoms with Crippen LogP contribution in [0.2, 0.25) is 0 Å². The number of imide groups is 1. The van der Waals surface area contributed by atoms with E-state index in [-0.39, 0.29) is 13.2 Å². The Morgan fingerprint density at radius 3 is 1.72 bits per heavy atom. The molecule has 2 N–H and O–H groups in total. The van der Waals surface area contributed by atoms with Gasteiger partial charge in [0.15, 0.2) is 6.04 Å². The van der Waals surface area contributed by atoms with Crippen molar-refractivity contribution in [1.29, 1.82) is 0 Å². The van der Waals surface area contributed by atoms with Gasteiger partial charge in [0.1, 0.15) is 22.9 Å². The standard InChI is InChI=1S/C19H32F2N2O6/c1-8-27-15(24)14(11-13(21)12(20)9-10-22)23(16(25)28-18(2,3)4)17(26)29-19(5,6)7/h14H,8-11,22H2,1-7H3/b13-12+. The van der Waals surface area contributed by atoms with Gasteiger partial charge in [0.2, 0.25) is 0 Å². The molecule has 2 amide bonds. The number of nitrogens with zero attached hydrogens (tertiary/aromatic N) is 1. The van der Waals surface area contributed by atoms with Gasteiger partial charge in [0.05, 0.1) is 6.61 Å². The lowest BCUT2D eigenvalue weighted by Gasteiger charge is -2.32. The number of amides is 2. The first-order valence-electron chi connectivity index (χ1n) is 9.27. The number of rotatable bonds is 7. The predicted molar refractivity (Wildman–Crippen MR) is 102 cm³/mol. The molecule has 1 unspecified atom stereocenters. The number of esters is 1. The number of ether oxygens (including phenoxy) is 3. The molecule has 0 saturated heterocycles. The van der Waals surface area contributed by atoms with E-state index in [4.69, 9.17) is 19.9 Å². The van der Waals surface area contributed by atoms with Gasteiger partial charge in [0.25, 0.3) is 0 Å². The second-order valence-electron chi connectivity index (χ2n) is 8.15. The molecule has 29 heavy (non-hydrogen) atoms. The Hall–Kier alpha value is -2.23. The van der Waals surface area contributed by atoms with Crippen molar-refractivity contribution in [2.45, 2.75) is 78.6 Å². The van der Waals surface area contributed by atoms with E-state index < -0.39 is 59.9 Å².